The van der Waals surface area contributed by atoms with Gasteiger partial charge in [0, 0.05) is 3.92 Å². The van der Waals surface area contributed by atoms with Gasteiger partial charge in [-0.25, -0.2) is 0 Å². The Morgan fingerprint density at radius 2 is 2.12 bits per heavy atom. The molecule has 0 bridgehead atoms. The Labute approximate surface area is 66.2 Å². The molecule has 49 valence electrons. The Kier molecular flexibility index (Phi) is 5.01. The maximum atomic E-state index is 4.02. The lowest BCUT2D eigenvalue weighted by atomic mass is 10.0. The first-order chi connectivity index (χ1) is 3.68. The van der Waals surface area contributed by atoms with Crippen LogP contribution < -0.4 is 0 Å². The van der Waals surface area contributed by atoms with Crippen molar-refractivity contribution in [1.29, 1.82) is 0 Å². The van der Waals surface area contributed by atoms with E-state index in [1.165, 1.54) is 12.8 Å². The number of hydrogen-bond donors (Lipinski definition) is 0. The second kappa shape index (κ2) is 4.59. The average Bonchev–Trinajstić information content (AvgIpc) is 1.67. The number of hydrogen-bond acceptors (Lipinski definition) is 0. The van der Waals surface area contributed by atoms with Crippen molar-refractivity contribution in [2.24, 2.45) is 5.92 Å². The van der Waals surface area contributed by atoms with Gasteiger partial charge in [-0.3, -0.25) is 0 Å². The van der Waals surface area contributed by atoms with Crippen LogP contribution in [0.2, 0.25) is 0 Å². The molecule has 0 aromatic rings. The summed E-state index contributed by atoms with van der Waals surface area (Å²) in [5, 5.41) is 0. The van der Waals surface area contributed by atoms with Crippen molar-refractivity contribution in [1.82, 2.24) is 0 Å². The molecule has 0 aliphatic carbocycles. The largest absolute Gasteiger partial charge is 0.0826 e. The van der Waals surface area contributed by atoms with E-state index in [2.05, 4.69) is 43.4 Å². The van der Waals surface area contributed by atoms with E-state index in [9.17, 15) is 0 Å². The molecule has 0 N–H and O–H groups in total. The van der Waals surface area contributed by atoms with Crippen LogP contribution in [-0.2, 0) is 0 Å². The highest BCUT2D eigenvalue weighted by Crippen LogP contribution is 2.16. The zero-order valence-corrected chi connectivity index (χ0v) is 7.81. The minimum atomic E-state index is 0.653. The fourth-order valence-corrected chi connectivity index (χ4v) is 0.960. The third kappa shape index (κ3) is 3.70. The Morgan fingerprint density at radius 3 is 2.25 bits per heavy atom. The molecule has 0 aromatic heterocycles. The molecule has 0 fully saturated rings. The van der Waals surface area contributed by atoms with E-state index < -0.39 is 0 Å². The van der Waals surface area contributed by atoms with Crippen LogP contribution in [0, 0.1) is 12.8 Å². The van der Waals surface area contributed by atoms with Crippen LogP contribution in [-0.4, -0.2) is 3.92 Å². The number of halogens is 1. The first-order valence-corrected chi connectivity index (χ1v) is 4.40. The number of rotatable bonds is 3. The SMILES string of the molecule is [CH2]C(CCC)C(C)I. The first kappa shape index (κ1) is 8.73. The molecule has 1 heteroatoms. The van der Waals surface area contributed by atoms with Gasteiger partial charge < -0.3 is 0 Å². The summed E-state index contributed by atoms with van der Waals surface area (Å²) < 4.78 is 0.729. The van der Waals surface area contributed by atoms with Gasteiger partial charge in [-0.2, -0.15) is 0 Å². The van der Waals surface area contributed by atoms with Crippen molar-refractivity contribution in [2.75, 3.05) is 0 Å². The topological polar surface area (TPSA) is 0 Å². The van der Waals surface area contributed by atoms with E-state index >= 15 is 0 Å². The van der Waals surface area contributed by atoms with E-state index in [0.717, 1.165) is 3.92 Å². The minimum Gasteiger partial charge on any atom is -0.0826 e. The van der Waals surface area contributed by atoms with Crippen LogP contribution in [0.3, 0.4) is 0 Å². The van der Waals surface area contributed by atoms with Crippen molar-refractivity contribution in [3.05, 3.63) is 6.92 Å². The van der Waals surface area contributed by atoms with Crippen LogP contribution in [0.4, 0.5) is 0 Å². The summed E-state index contributed by atoms with van der Waals surface area (Å²) in [6.45, 7) is 8.44. The molecular weight excluding hydrogens is 211 g/mol. The molecule has 0 saturated carbocycles. The Hall–Kier alpha value is 0.730. The predicted molar refractivity (Wildman–Crippen MR) is 47.2 cm³/mol. The average molecular weight is 225 g/mol. The molecule has 0 aliphatic heterocycles. The third-order valence-corrected chi connectivity index (χ3v) is 2.33. The summed E-state index contributed by atoms with van der Waals surface area (Å²) in [5.74, 6) is 0.653. The maximum Gasteiger partial charge on any atom is 0.0110 e. The second-order valence-corrected chi connectivity index (χ2v) is 4.19. The number of alkyl halides is 1. The summed E-state index contributed by atoms with van der Waals surface area (Å²) in [6, 6.07) is 0. The van der Waals surface area contributed by atoms with Crippen LogP contribution >= 0.6 is 22.6 Å². The fraction of sp³-hybridized carbons (Fsp3) is 0.857. The van der Waals surface area contributed by atoms with Crippen LogP contribution in [0.1, 0.15) is 26.7 Å². The van der Waals surface area contributed by atoms with Crippen LogP contribution in [0.5, 0.6) is 0 Å². The minimum absolute atomic E-state index is 0.653. The van der Waals surface area contributed by atoms with Gasteiger partial charge in [0.2, 0.25) is 0 Å². The second-order valence-electron chi connectivity index (χ2n) is 2.23. The zero-order valence-electron chi connectivity index (χ0n) is 5.65. The Balaban J connectivity index is 3.17. The molecule has 0 aliphatic rings. The van der Waals surface area contributed by atoms with Crippen molar-refractivity contribution >= 4 is 22.6 Å². The summed E-state index contributed by atoms with van der Waals surface area (Å²) in [5.41, 5.74) is 0. The van der Waals surface area contributed by atoms with E-state index in [1.807, 2.05) is 0 Å². The molecule has 0 heterocycles. The van der Waals surface area contributed by atoms with Gasteiger partial charge in [-0.15, -0.1) is 0 Å². The highest BCUT2D eigenvalue weighted by Gasteiger charge is 2.05. The van der Waals surface area contributed by atoms with E-state index in [1.54, 1.807) is 0 Å². The molecule has 0 aromatic carbocycles. The first-order valence-electron chi connectivity index (χ1n) is 3.15. The lowest BCUT2D eigenvalue weighted by molar-refractivity contribution is 0.584. The van der Waals surface area contributed by atoms with E-state index in [-0.39, 0.29) is 0 Å². The molecule has 0 spiro atoms. The van der Waals surface area contributed by atoms with Gasteiger partial charge in [0.25, 0.3) is 0 Å². The van der Waals surface area contributed by atoms with Gasteiger partial charge in [0.15, 0.2) is 0 Å². The van der Waals surface area contributed by atoms with Crippen molar-refractivity contribution in [2.45, 2.75) is 30.6 Å². The highest BCUT2D eigenvalue weighted by atomic mass is 127. The molecule has 1 radical (unpaired) electrons. The molecule has 0 rings (SSSR count). The third-order valence-electron chi connectivity index (χ3n) is 1.31. The zero-order chi connectivity index (χ0) is 6.57. The van der Waals surface area contributed by atoms with E-state index in [4.69, 9.17) is 0 Å². The molecule has 8 heavy (non-hydrogen) atoms. The predicted octanol–water partition coefficient (Wildman–Crippen LogP) is 3.06. The Morgan fingerprint density at radius 1 is 1.62 bits per heavy atom. The molecule has 0 saturated heterocycles. The molecule has 0 nitrogen and oxygen atoms in total. The van der Waals surface area contributed by atoms with E-state index in [0.29, 0.717) is 5.92 Å². The monoisotopic (exact) mass is 225 g/mol. The maximum absolute atomic E-state index is 4.02. The smallest absolute Gasteiger partial charge is 0.0110 e. The van der Waals surface area contributed by atoms with Crippen molar-refractivity contribution in [3.63, 3.8) is 0 Å². The van der Waals surface area contributed by atoms with Crippen molar-refractivity contribution < 1.29 is 0 Å². The molecule has 0 amide bonds. The highest BCUT2D eigenvalue weighted by molar-refractivity contribution is 14.1. The normalized spacial score (nSPS) is 18.0. The van der Waals surface area contributed by atoms with Crippen LogP contribution in [0.25, 0.3) is 0 Å². The lowest BCUT2D eigenvalue weighted by Gasteiger charge is -2.10. The van der Waals surface area contributed by atoms with Gasteiger partial charge in [-0.05, 0) is 19.3 Å². The lowest BCUT2D eigenvalue weighted by Crippen LogP contribution is -2.05. The van der Waals surface area contributed by atoms with Gasteiger partial charge in [-0.1, -0.05) is 42.9 Å². The Bertz CT molecular complexity index is 50.3. The summed E-state index contributed by atoms with van der Waals surface area (Å²) >= 11 is 2.43. The summed E-state index contributed by atoms with van der Waals surface area (Å²) in [6.07, 6.45) is 2.53. The van der Waals surface area contributed by atoms with Crippen LogP contribution in [0.15, 0.2) is 0 Å². The molecular formula is C7H14I. The summed E-state index contributed by atoms with van der Waals surface area (Å²) in [7, 11) is 0. The fourth-order valence-electron chi connectivity index (χ4n) is 0.600. The van der Waals surface area contributed by atoms with Gasteiger partial charge in [0.05, 0.1) is 0 Å². The molecule has 2 unspecified atom stereocenters. The van der Waals surface area contributed by atoms with Gasteiger partial charge in [0.1, 0.15) is 0 Å². The summed E-state index contributed by atoms with van der Waals surface area (Å²) in [4.78, 5) is 0. The van der Waals surface area contributed by atoms with Gasteiger partial charge >= 0.3 is 0 Å². The standard InChI is InChI=1S/C7H14I/c1-4-5-6(2)7(3)8/h6-7H,2,4-5H2,1,3H3. The van der Waals surface area contributed by atoms with Crippen molar-refractivity contribution in [3.8, 4) is 0 Å². The molecule has 2 atom stereocenters. The quantitative estimate of drug-likeness (QED) is 0.511.